The molecule has 0 amide bonds. The Bertz CT molecular complexity index is 276. The highest BCUT2D eigenvalue weighted by molar-refractivity contribution is 7.91. The van der Waals surface area contributed by atoms with Gasteiger partial charge in [-0.05, 0) is 37.3 Å². The molecule has 0 aliphatic carbocycles. The van der Waals surface area contributed by atoms with Crippen molar-refractivity contribution in [2.45, 2.75) is 41.0 Å². The highest BCUT2D eigenvalue weighted by Crippen LogP contribution is 2.19. The van der Waals surface area contributed by atoms with E-state index in [1.165, 1.54) is 0 Å². The monoisotopic (exact) mass is 263 g/mol. The van der Waals surface area contributed by atoms with Gasteiger partial charge in [-0.15, -0.1) is 0 Å². The molecular formula is C13H29NO2S. The highest BCUT2D eigenvalue weighted by Gasteiger charge is 2.16. The van der Waals surface area contributed by atoms with Crippen LogP contribution in [-0.4, -0.2) is 33.0 Å². The van der Waals surface area contributed by atoms with Gasteiger partial charge >= 0.3 is 0 Å². The van der Waals surface area contributed by atoms with Gasteiger partial charge in [0, 0.05) is 5.75 Å². The van der Waals surface area contributed by atoms with Crippen molar-refractivity contribution in [1.29, 1.82) is 0 Å². The van der Waals surface area contributed by atoms with Crippen LogP contribution in [0.4, 0.5) is 0 Å². The molecule has 3 nitrogen and oxygen atoms in total. The van der Waals surface area contributed by atoms with Gasteiger partial charge in [0.1, 0.15) is 9.84 Å². The average molecular weight is 263 g/mol. The third kappa shape index (κ3) is 7.77. The van der Waals surface area contributed by atoms with Crippen LogP contribution in [0, 0.1) is 17.8 Å². The van der Waals surface area contributed by atoms with Gasteiger partial charge in [0.15, 0.2) is 0 Å². The van der Waals surface area contributed by atoms with Gasteiger partial charge in [-0.3, -0.25) is 0 Å². The van der Waals surface area contributed by atoms with Crippen LogP contribution in [0.25, 0.3) is 0 Å². The number of sulfone groups is 1. The van der Waals surface area contributed by atoms with E-state index in [-0.39, 0.29) is 5.75 Å². The summed E-state index contributed by atoms with van der Waals surface area (Å²) in [5.41, 5.74) is 0. The van der Waals surface area contributed by atoms with Crippen molar-refractivity contribution in [3.63, 3.8) is 0 Å². The van der Waals surface area contributed by atoms with Crippen LogP contribution >= 0.6 is 0 Å². The summed E-state index contributed by atoms with van der Waals surface area (Å²) < 4.78 is 22.6. The van der Waals surface area contributed by atoms with E-state index in [0.29, 0.717) is 23.5 Å². The van der Waals surface area contributed by atoms with E-state index in [9.17, 15) is 8.42 Å². The third-order valence-corrected chi connectivity index (χ3v) is 5.13. The molecule has 4 heteroatoms. The zero-order valence-electron chi connectivity index (χ0n) is 12.0. The molecule has 0 atom stereocenters. The summed E-state index contributed by atoms with van der Waals surface area (Å²) in [5.74, 6) is 2.57. The molecular weight excluding hydrogens is 234 g/mol. The smallest absolute Gasteiger partial charge is 0.150 e. The predicted octanol–water partition coefficient (Wildman–Crippen LogP) is 2.33. The fourth-order valence-electron chi connectivity index (χ4n) is 2.07. The van der Waals surface area contributed by atoms with Crippen molar-refractivity contribution in [1.82, 2.24) is 5.32 Å². The van der Waals surface area contributed by atoms with Crippen LogP contribution in [0.15, 0.2) is 0 Å². The molecule has 0 unspecified atom stereocenters. The lowest BCUT2D eigenvalue weighted by Crippen LogP contribution is -2.31. The van der Waals surface area contributed by atoms with E-state index in [2.05, 4.69) is 33.0 Å². The standard InChI is InChI=1S/C13H29NO2S/c1-6-17(15,16)9-7-8-14-10-13(11(2)3)12(4)5/h11-14H,6-10H2,1-5H3. The lowest BCUT2D eigenvalue weighted by molar-refractivity contribution is 0.276. The van der Waals surface area contributed by atoms with E-state index >= 15 is 0 Å². The van der Waals surface area contributed by atoms with Crippen molar-refractivity contribution in [2.75, 3.05) is 24.6 Å². The van der Waals surface area contributed by atoms with Gasteiger partial charge in [-0.2, -0.15) is 0 Å². The van der Waals surface area contributed by atoms with Crippen molar-refractivity contribution >= 4 is 9.84 Å². The minimum atomic E-state index is -2.79. The van der Waals surface area contributed by atoms with Crippen LogP contribution in [0.1, 0.15) is 41.0 Å². The van der Waals surface area contributed by atoms with Crippen LogP contribution in [0.2, 0.25) is 0 Å². The maximum Gasteiger partial charge on any atom is 0.150 e. The van der Waals surface area contributed by atoms with Gasteiger partial charge in [-0.25, -0.2) is 8.42 Å². The second-order valence-corrected chi connectivity index (χ2v) is 7.92. The molecule has 0 aromatic carbocycles. The number of hydrogen-bond acceptors (Lipinski definition) is 3. The fourth-order valence-corrected chi connectivity index (χ4v) is 2.94. The molecule has 0 aliphatic rings. The van der Waals surface area contributed by atoms with E-state index < -0.39 is 9.84 Å². The number of hydrogen-bond donors (Lipinski definition) is 1. The molecule has 0 fully saturated rings. The molecule has 0 rings (SSSR count). The maximum absolute atomic E-state index is 11.3. The first-order valence-corrected chi connectivity index (χ1v) is 8.53. The van der Waals surface area contributed by atoms with Crippen LogP contribution in [0.5, 0.6) is 0 Å². The normalized spacial score (nSPS) is 12.9. The Morgan fingerprint density at radius 1 is 1.06 bits per heavy atom. The Labute approximate surface area is 107 Å². The highest BCUT2D eigenvalue weighted by atomic mass is 32.2. The molecule has 0 radical (unpaired) electrons. The molecule has 0 bridgehead atoms. The first-order chi connectivity index (χ1) is 7.80. The van der Waals surface area contributed by atoms with Crippen LogP contribution in [-0.2, 0) is 9.84 Å². The summed E-state index contributed by atoms with van der Waals surface area (Å²) >= 11 is 0. The topological polar surface area (TPSA) is 46.2 Å². The Morgan fingerprint density at radius 3 is 2.00 bits per heavy atom. The maximum atomic E-state index is 11.3. The molecule has 0 aromatic heterocycles. The van der Waals surface area contributed by atoms with Gasteiger partial charge < -0.3 is 5.32 Å². The fraction of sp³-hybridized carbons (Fsp3) is 1.00. The van der Waals surface area contributed by atoms with Gasteiger partial charge in [0.05, 0.1) is 5.75 Å². The molecule has 0 saturated heterocycles. The van der Waals surface area contributed by atoms with Crippen LogP contribution < -0.4 is 5.32 Å². The molecule has 0 saturated carbocycles. The molecule has 1 N–H and O–H groups in total. The predicted molar refractivity (Wildman–Crippen MR) is 75.0 cm³/mol. The van der Waals surface area contributed by atoms with E-state index in [4.69, 9.17) is 0 Å². The minimum Gasteiger partial charge on any atom is -0.316 e. The van der Waals surface area contributed by atoms with Gasteiger partial charge in [0.25, 0.3) is 0 Å². The van der Waals surface area contributed by atoms with Crippen molar-refractivity contribution < 1.29 is 8.42 Å². The second kappa shape index (κ2) is 8.09. The summed E-state index contributed by atoms with van der Waals surface area (Å²) in [6.07, 6.45) is 0.721. The molecule has 0 heterocycles. The molecule has 104 valence electrons. The summed E-state index contributed by atoms with van der Waals surface area (Å²) in [6, 6.07) is 0. The van der Waals surface area contributed by atoms with Gasteiger partial charge in [-0.1, -0.05) is 34.6 Å². The SMILES string of the molecule is CCS(=O)(=O)CCCNCC(C(C)C)C(C)C. The molecule has 0 spiro atoms. The van der Waals surface area contributed by atoms with Crippen LogP contribution in [0.3, 0.4) is 0 Å². The Morgan fingerprint density at radius 2 is 1.59 bits per heavy atom. The van der Waals surface area contributed by atoms with Crippen molar-refractivity contribution in [3.05, 3.63) is 0 Å². The summed E-state index contributed by atoms with van der Waals surface area (Å²) in [6.45, 7) is 12.5. The first-order valence-electron chi connectivity index (χ1n) is 6.71. The molecule has 0 aliphatic heterocycles. The first kappa shape index (κ1) is 16.9. The lowest BCUT2D eigenvalue weighted by Gasteiger charge is -2.25. The zero-order chi connectivity index (χ0) is 13.5. The molecule has 17 heavy (non-hydrogen) atoms. The Hall–Kier alpha value is -0.0900. The Kier molecular flexibility index (Phi) is 8.05. The quantitative estimate of drug-likeness (QED) is 0.649. The number of nitrogens with one attached hydrogen (secondary N) is 1. The zero-order valence-corrected chi connectivity index (χ0v) is 12.8. The molecule has 0 aromatic rings. The third-order valence-electron chi connectivity index (χ3n) is 3.34. The summed E-state index contributed by atoms with van der Waals surface area (Å²) in [4.78, 5) is 0. The van der Waals surface area contributed by atoms with Gasteiger partial charge in [0.2, 0.25) is 0 Å². The summed E-state index contributed by atoms with van der Waals surface area (Å²) in [7, 11) is -2.79. The second-order valence-electron chi connectivity index (χ2n) is 5.45. The Balaban J connectivity index is 3.77. The van der Waals surface area contributed by atoms with E-state index in [1.807, 2.05) is 0 Å². The van der Waals surface area contributed by atoms with E-state index in [1.54, 1.807) is 6.92 Å². The summed E-state index contributed by atoms with van der Waals surface area (Å²) in [5, 5.41) is 3.38. The largest absolute Gasteiger partial charge is 0.316 e. The van der Waals surface area contributed by atoms with Crippen molar-refractivity contribution in [2.24, 2.45) is 17.8 Å². The van der Waals surface area contributed by atoms with E-state index in [0.717, 1.165) is 19.5 Å². The number of rotatable bonds is 9. The van der Waals surface area contributed by atoms with Crippen molar-refractivity contribution in [3.8, 4) is 0 Å². The minimum absolute atomic E-state index is 0.258. The average Bonchev–Trinajstić information content (AvgIpc) is 2.22. The lowest BCUT2D eigenvalue weighted by atomic mass is 9.85.